The molecule has 2 aliphatic heterocycles. The summed E-state index contributed by atoms with van der Waals surface area (Å²) in [4.78, 5) is 32.9. The van der Waals surface area contributed by atoms with Crippen LogP contribution in [-0.2, 0) is 16.8 Å². The quantitative estimate of drug-likeness (QED) is 0.851. The van der Waals surface area contributed by atoms with Crippen LogP contribution < -0.4 is 10.2 Å². The molecule has 2 aromatic heterocycles. The van der Waals surface area contributed by atoms with Gasteiger partial charge in [0.05, 0.1) is 23.8 Å². The first kappa shape index (κ1) is 17.7. The van der Waals surface area contributed by atoms with Crippen LogP contribution in [0.3, 0.4) is 0 Å². The molecule has 0 saturated carbocycles. The first-order chi connectivity index (χ1) is 13.1. The monoisotopic (exact) mass is 373 g/mol. The van der Waals surface area contributed by atoms with E-state index in [9.17, 15) is 9.18 Å². The number of aromatic nitrogens is 4. The first-order valence-electron chi connectivity index (χ1n) is 9.37. The van der Waals surface area contributed by atoms with E-state index in [1.54, 1.807) is 13.4 Å². The van der Waals surface area contributed by atoms with Gasteiger partial charge < -0.3 is 20.1 Å². The Morgan fingerprint density at radius 2 is 2.11 bits per heavy atom. The lowest BCUT2D eigenvalue weighted by molar-refractivity contribution is -0.140. The maximum atomic E-state index is 13.7. The standard InChI is InChI=1S/C18H24FN7O/c1-3-14(27)26-7-4-13-15(23-11-22-13)18(26)5-8-25(9-6-18)17-21-10-12(19)16(20-2)24-17/h10-11H,3-9H2,1-2H3,(H,22,23)(H,20,21,24). The maximum absolute atomic E-state index is 13.7. The van der Waals surface area contributed by atoms with Crippen LogP contribution in [0.15, 0.2) is 12.5 Å². The Morgan fingerprint density at radius 3 is 2.81 bits per heavy atom. The minimum absolute atomic E-state index is 0.160. The number of carbonyl (C=O) groups is 1. The van der Waals surface area contributed by atoms with Gasteiger partial charge in [-0.15, -0.1) is 0 Å². The predicted molar refractivity (Wildman–Crippen MR) is 99.0 cm³/mol. The van der Waals surface area contributed by atoms with Gasteiger partial charge in [0.15, 0.2) is 11.6 Å². The summed E-state index contributed by atoms with van der Waals surface area (Å²) in [5.74, 6) is 0.382. The molecule has 144 valence electrons. The van der Waals surface area contributed by atoms with Gasteiger partial charge in [-0.3, -0.25) is 4.79 Å². The zero-order valence-electron chi connectivity index (χ0n) is 15.6. The number of imidazole rings is 1. The Kier molecular flexibility index (Phi) is 4.45. The molecule has 1 fully saturated rings. The number of rotatable bonds is 3. The highest BCUT2D eigenvalue weighted by molar-refractivity contribution is 5.77. The lowest BCUT2D eigenvalue weighted by atomic mass is 9.78. The fourth-order valence-corrected chi connectivity index (χ4v) is 4.30. The van der Waals surface area contributed by atoms with Crippen LogP contribution in [0.1, 0.15) is 37.6 Å². The molecule has 8 nitrogen and oxygen atoms in total. The second-order valence-electron chi connectivity index (χ2n) is 7.01. The average Bonchev–Trinajstić information content (AvgIpc) is 3.19. The smallest absolute Gasteiger partial charge is 0.227 e. The van der Waals surface area contributed by atoms with E-state index in [2.05, 4.69) is 25.3 Å². The van der Waals surface area contributed by atoms with Crippen molar-refractivity contribution in [2.75, 3.05) is 36.9 Å². The van der Waals surface area contributed by atoms with Crippen molar-refractivity contribution in [2.24, 2.45) is 0 Å². The number of aromatic amines is 1. The lowest BCUT2D eigenvalue weighted by Crippen LogP contribution is -2.58. The molecule has 0 aliphatic carbocycles. The third-order valence-electron chi connectivity index (χ3n) is 5.71. The molecule has 1 spiro atoms. The summed E-state index contributed by atoms with van der Waals surface area (Å²) < 4.78 is 13.7. The molecule has 0 radical (unpaired) electrons. The van der Waals surface area contributed by atoms with E-state index in [-0.39, 0.29) is 17.3 Å². The van der Waals surface area contributed by atoms with Crippen molar-refractivity contribution in [1.82, 2.24) is 24.8 Å². The molecule has 1 saturated heterocycles. The van der Waals surface area contributed by atoms with Crippen molar-refractivity contribution < 1.29 is 9.18 Å². The number of carbonyl (C=O) groups excluding carboxylic acids is 1. The third kappa shape index (κ3) is 2.81. The highest BCUT2D eigenvalue weighted by Crippen LogP contribution is 2.43. The molecule has 2 aliphatic rings. The second kappa shape index (κ2) is 6.79. The van der Waals surface area contributed by atoms with E-state index in [4.69, 9.17) is 0 Å². The number of H-pyrrole nitrogens is 1. The van der Waals surface area contributed by atoms with E-state index in [0.29, 0.717) is 32.0 Å². The third-order valence-corrected chi connectivity index (χ3v) is 5.71. The van der Waals surface area contributed by atoms with Gasteiger partial charge in [0.1, 0.15) is 0 Å². The number of hydrogen-bond acceptors (Lipinski definition) is 6. The Balaban J connectivity index is 1.62. The van der Waals surface area contributed by atoms with Gasteiger partial charge >= 0.3 is 0 Å². The molecule has 9 heteroatoms. The van der Waals surface area contributed by atoms with Crippen molar-refractivity contribution in [3.05, 3.63) is 29.7 Å². The second-order valence-corrected chi connectivity index (χ2v) is 7.01. The van der Waals surface area contributed by atoms with Crippen molar-refractivity contribution in [3.8, 4) is 0 Å². The van der Waals surface area contributed by atoms with E-state index in [0.717, 1.165) is 30.7 Å². The zero-order valence-corrected chi connectivity index (χ0v) is 15.6. The Morgan fingerprint density at radius 1 is 1.33 bits per heavy atom. The number of anilines is 2. The minimum atomic E-state index is -0.470. The number of halogens is 1. The number of fused-ring (bicyclic) bond motifs is 2. The number of piperidine rings is 1. The molecular formula is C18H24FN7O. The number of amides is 1. The van der Waals surface area contributed by atoms with E-state index >= 15 is 0 Å². The van der Waals surface area contributed by atoms with Crippen molar-refractivity contribution in [1.29, 1.82) is 0 Å². The highest BCUT2D eigenvalue weighted by atomic mass is 19.1. The molecule has 0 unspecified atom stereocenters. The summed E-state index contributed by atoms with van der Waals surface area (Å²) in [7, 11) is 1.63. The number of nitrogens with zero attached hydrogens (tertiary/aromatic N) is 5. The first-order valence-corrected chi connectivity index (χ1v) is 9.37. The zero-order chi connectivity index (χ0) is 19.0. The SMILES string of the molecule is CCC(=O)N1CCc2[nH]cnc2C12CCN(c1ncc(F)c(NC)n1)CC2. The Labute approximate surface area is 157 Å². The summed E-state index contributed by atoms with van der Waals surface area (Å²) in [6.45, 7) is 3.96. The van der Waals surface area contributed by atoms with Crippen molar-refractivity contribution in [3.63, 3.8) is 0 Å². The molecule has 27 heavy (non-hydrogen) atoms. The molecule has 0 bridgehead atoms. The van der Waals surface area contributed by atoms with Gasteiger partial charge in [0.25, 0.3) is 0 Å². The van der Waals surface area contributed by atoms with Crippen LogP contribution in [0, 0.1) is 5.82 Å². The topological polar surface area (TPSA) is 90.0 Å². The summed E-state index contributed by atoms with van der Waals surface area (Å²) in [6, 6.07) is 0. The highest BCUT2D eigenvalue weighted by Gasteiger charge is 2.48. The molecular weight excluding hydrogens is 349 g/mol. The fraction of sp³-hybridized carbons (Fsp3) is 0.556. The van der Waals surface area contributed by atoms with E-state index < -0.39 is 5.82 Å². The molecule has 4 heterocycles. The predicted octanol–water partition coefficient (Wildman–Crippen LogP) is 1.67. The molecule has 0 aromatic carbocycles. The summed E-state index contributed by atoms with van der Waals surface area (Å²) in [6.07, 6.45) is 5.69. The van der Waals surface area contributed by atoms with Crippen LogP contribution >= 0.6 is 0 Å². The fourth-order valence-electron chi connectivity index (χ4n) is 4.30. The number of hydrogen-bond donors (Lipinski definition) is 2. The van der Waals surface area contributed by atoms with Crippen LogP contribution in [0.2, 0.25) is 0 Å². The average molecular weight is 373 g/mol. The summed E-state index contributed by atoms with van der Waals surface area (Å²) >= 11 is 0. The lowest BCUT2D eigenvalue weighted by Gasteiger charge is -2.50. The summed E-state index contributed by atoms with van der Waals surface area (Å²) in [5, 5.41) is 2.75. The van der Waals surface area contributed by atoms with Gasteiger partial charge in [0, 0.05) is 45.2 Å². The normalized spacial score (nSPS) is 18.5. The van der Waals surface area contributed by atoms with Crippen LogP contribution in [-0.4, -0.2) is 57.4 Å². The molecule has 1 amide bonds. The number of nitrogens with one attached hydrogen (secondary N) is 2. The van der Waals surface area contributed by atoms with Crippen molar-refractivity contribution in [2.45, 2.75) is 38.1 Å². The van der Waals surface area contributed by atoms with E-state index in [1.165, 1.54) is 6.20 Å². The van der Waals surface area contributed by atoms with Crippen LogP contribution in [0.5, 0.6) is 0 Å². The van der Waals surface area contributed by atoms with Gasteiger partial charge in [-0.05, 0) is 12.8 Å². The molecule has 0 atom stereocenters. The van der Waals surface area contributed by atoms with Gasteiger partial charge in [0.2, 0.25) is 11.9 Å². The van der Waals surface area contributed by atoms with Crippen molar-refractivity contribution >= 4 is 17.7 Å². The maximum Gasteiger partial charge on any atom is 0.227 e. The van der Waals surface area contributed by atoms with Gasteiger partial charge in [-0.2, -0.15) is 4.98 Å². The largest absolute Gasteiger partial charge is 0.371 e. The molecule has 4 rings (SSSR count). The van der Waals surface area contributed by atoms with Gasteiger partial charge in [-0.25, -0.2) is 14.4 Å². The van der Waals surface area contributed by atoms with Gasteiger partial charge in [-0.1, -0.05) is 6.92 Å². The Hall–Kier alpha value is -2.71. The summed E-state index contributed by atoms with van der Waals surface area (Å²) in [5.41, 5.74) is 1.73. The minimum Gasteiger partial charge on any atom is -0.371 e. The molecule has 2 N–H and O–H groups in total. The Bertz CT molecular complexity index is 844. The van der Waals surface area contributed by atoms with E-state index in [1.807, 2.05) is 16.7 Å². The van der Waals surface area contributed by atoms with Crippen LogP contribution in [0.4, 0.5) is 16.2 Å². The molecule has 2 aromatic rings. The van der Waals surface area contributed by atoms with Crippen LogP contribution in [0.25, 0.3) is 0 Å².